The number of nitro groups is 1. The molecule has 2 N–H and O–H groups in total. The van der Waals surface area contributed by atoms with Crippen molar-refractivity contribution in [3.05, 3.63) is 69.3 Å². The zero-order valence-electron chi connectivity index (χ0n) is 18.1. The van der Waals surface area contributed by atoms with Gasteiger partial charge in [-0.15, -0.1) is 10.2 Å². The van der Waals surface area contributed by atoms with Crippen LogP contribution in [0.3, 0.4) is 0 Å². The number of thioether (sulfide) groups is 1. The van der Waals surface area contributed by atoms with Gasteiger partial charge in [-0.05, 0) is 44.2 Å². The van der Waals surface area contributed by atoms with Gasteiger partial charge in [-0.1, -0.05) is 29.2 Å². The van der Waals surface area contributed by atoms with E-state index < -0.39 is 16.8 Å². The summed E-state index contributed by atoms with van der Waals surface area (Å²) < 4.78 is 5.37. The standard InChI is InChI=1S/C21H19N5O6S2/c1-3-32-19(29)13-7-9-14(10-8-13)22-17(27)11-33-21-25-24-20(34-21)23-18(28)15-5-4-6-16(12(15)2)26(30)31/h4-10H,3,11H2,1-2H3,(H,22,27)(H,23,24,28). The third-order valence-corrected chi connectivity index (χ3v) is 6.35. The number of nitrogens with zero attached hydrogens (tertiary/aromatic N) is 3. The molecule has 2 amide bonds. The van der Waals surface area contributed by atoms with Crippen LogP contribution in [0.15, 0.2) is 46.8 Å². The molecule has 0 radical (unpaired) electrons. The summed E-state index contributed by atoms with van der Waals surface area (Å²) in [5, 5.41) is 24.4. The molecule has 0 unspecified atom stereocenters. The Bertz CT molecular complexity index is 1230. The van der Waals surface area contributed by atoms with E-state index in [-0.39, 0.29) is 40.2 Å². The van der Waals surface area contributed by atoms with E-state index in [0.29, 0.717) is 15.6 Å². The van der Waals surface area contributed by atoms with Crippen LogP contribution < -0.4 is 10.6 Å². The first-order chi connectivity index (χ1) is 16.3. The van der Waals surface area contributed by atoms with E-state index in [0.717, 1.165) is 23.1 Å². The molecule has 0 spiro atoms. The lowest BCUT2D eigenvalue weighted by Gasteiger charge is -2.06. The first-order valence-electron chi connectivity index (χ1n) is 9.87. The summed E-state index contributed by atoms with van der Waals surface area (Å²) >= 11 is 2.21. The van der Waals surface area contributed by atoms with Crippen LogP contribution in [0, 0.1) is 17.0 Å². The summed E-state index contributed by atoms with van der Waals surface area (Å²) in [6.45, 7) is 3.49. The average Bonchev–Trinajstić information content (AvgIpc) is 3.25. The van der Waals surface area contributed by atoms with Gasteiger partial charge in [0.25, 0.3) is 11.6 Å². The van der Waals surface area contributed by atoms with E-state index in [2.05, 4.69) is 20.8 Å². The Morgan fingerprint density at radius 3 is 2.53 bits per heavy atom. The van der Waals surface area contributed by atoms with E-state index in [1.54, 1.807) is 31.2 Å². The van der Waals surface area contributed by atoms with Crippen LogP contribution in [0.25, 0.3) is 0 Å². The van der Waals surface area contributed by atoms with Crippen molar-refractivity contribution in [1.82, 2.24) is 10.2 Å². The molecule has 3 rings (SSSR count). The van der Waals surface area contributed by atoms with Gasteiger partial charge in [-0.3, -0.25) is 25.0 Å². The van der Waals surface area contributed by atoms with Gasteiger partial charge in [0.1, 0.15) is 0 Å². The van der Waals surface area contributed by atoms with Crippen LogP contribution in [0.1, 0.15) is 33.2 Å². The molecule has 0 aliphatic heterocycles. The number of aromatic nitrogens is 2. The Morgan fingerprint density at radius 2 is 1.85 bits per heavy atom. The molecule has 3 aromatic rings. The fourth-order valence-corrected chi connectivity index (χ4v) is 4.33. The van der Waals surface area contributed by atoms with Crippen molar-refractivity contribution in [3.8, 4) is 0 Å². The van der Waals surface area contributed by atoms with Crippen LogP contribution in [0.2, 0.25) is 0 Å². The zero-order valence-corrected chi connectivity index (χ0v) is 19.7. The van der Waals surface area contributed by atoms with E-state index in [1.807, 2.05) is 0 Å². The van der Waals surface area contributed by atoms with Crippen LogP contribution in [-0.2, 0) is 9.53 Å². The molecule has 1 heterocycles. The van der Waals surface area contributed by atoms with E-state index in [4.69, 9.17) is 4.74 Å². The molecule has 11 nitrogen and oxygen atoms in total. The summed E-state index contributed by atoms with van der Waals surface area (Å²) in [4.78, 5) is 46.9. The molecule has 0 saturated heterocycles. The Balaban J connectivity index is 1.53. The second-order valence-electron chi connectivity index (χ2n) is 6.67. The van der Waals surface area contributed by atoms with Crippen molar-refractivity contribution in [2.45, 2.75) is 18.2 Å². The molecule has 34 heavy (non-hydrogen) atoms. The van der Waals surface area contributed by atoms with Crippen LogP contribution in [0.4, 0.5) is 16.5 Å². The molecule has 13 heteroatoms. The van der Waals surface area contributed by atoms with E-state index in [1.165, 1.54) is 25.1 Å². The topological polar surface area (TPSA) is 153 Å². The van der Waals surface area contributed by atoms with Gasteiger partial charge in [0.15, 0.2) is 4.34 Å². The normalized spacial score (nSPS) is 10.4. The minimum Gasteiger partial charge on any atom is -0.462 e. The highest BCUT2D eigenvalue weighted by Crippen LogP contribution is 2.27. The van der Waals surface area contributed by atoms with Crippen molar-refractivity contribution in [2.24, 2.45) is 0 Å². The molecular weight excluding hydrogens is 482 g/mol. The molecule has 0 fully saturated rings. The van der Waals surface area contributed by atoms with Gasteiger partial charge >= 0.3 is 5.97 Å². The second-order valence-corrected chi connectivity index (χ2v) is 8.87. The lowest BCUT2D eigenvalue weighted by atomic mass is 10.1. The molecule has 0 aliphatic carbocycles. The van der Waals surface area contributed by atoms with Crippen LogP contribution in [-0.4, -0.2) is 45.3 Å². The first kappa shape index (κ1) is 24.8. The van der Waals surface area contributed by atoms with Crippen molar-refractivity contribution >= 4 is 57.4 Å². The predicted molar refractivity (Wildman–Crippen MR) is 127 cm³/mol. The number of ether oxygens (including phenoxy) is 1. The number of hydrogen-bond acceptors (Lipinski definition) is 10. The smallest absolute Gasteiger partial charge is 0.338 e. The third-order valence-electron chi connectivity index (χ3n) is 4.38. The number of hydrogen-bond donors (Lipinski definition) is 2. The minimum atomic E-state index is -0.550. The van der Waals surface area contributed by atoms with Gasteiger partial charge in [-0.25, -0.2) is 4.79 Å². The quantitative estimate of drug-likeness (QED) is 0.146. The molecule has 0 bridgehead atoms. The van der Waals surface area contributed by atoms with Gasteiger partial charge in [0.2, 0.25) is 11.0 Å². The highest BCUT2D eigenvalue weighted by atomic mass is 32.2. The number of nitrogens with one attached hydrogen (secondary N) is 2. The maximum absolute atomic E-state index is 12.5. The van der Waals surface area contributed by atoms with E-state index >= 15 is 0 Å². The zero-order chi connectivity index (χ0) is 24.7. The van der Waals surface area contributed by atoms with Crippen molar-refractivity contribution in [1.29, 1.82) is 0 Å². The minimum absolute atomic E-state index is 0.0478. The number of carbonyl (C=O) groups is 3. The maximum Gasteiger partial charge on any atom is 0.338 e. The fourth-order valence-electron chi connectivity index (χ4n) is 2.78. The number of rotatable bonds is 9. The number of carbonyl (C=O) groups excluding carboxylic acids is 3. The highest BCUT2D eigenvalue weighted by molar-refractivity contribution is 8.01. The van der Waals surface area contributed by atoms with Crippen molar-refractivity contribution in [2.75, 3.05) is 23.0 Å². The summed E-state index contributed by atoms with van der Waals surface area (Å²) in [6.07, 6.45) is 0. The van der Waals surface area contributed by atoms with Crippen LogP contribution in [0.5, 0.6) is 0 Å². The molecule has 0 atom stereocenters. The lowest BCUT2D eigenvalue weighted by Crippen LogP contribution is -2.14. The number of anilines is 2. The number of nitro benzene ring substituents is 1. The number of esters is 1. The Hall–Kier alpha value is -3.84. The van der Waals surface area contributed by atoms with Gasteiger partial charge in [0.05, 0.1) is 22.8 Å². The monoisotopic (exact) mass is 501 g/mol. The Kier molecular flexibility index (Phi) is 8.27. The largest absolute Gasteiger partial charge is 0.462 e. The van der Waals surface area contributed by atoms with Crippen molar-refractivity contribution in [3.63, 3.8) is 0 Å². The summed E-state index contributed by atoms with van der Waals surface area (Å²) in [7, 11) is 0. The highest BCUT2D eigenvalue weighted by Gasteiger charge is 2.19. The maximum atomic E-state index is 12.5. The Morgan fingerprint density at radius 1 is 1.12 bits per heavy atom. The van der Waals surface area contributed by atoms with Gasteiger partial charge < -0.3 is 10.1 Å². The van der Waals surface area contributed by atoms with Gasteiger partial charge in [0, 0.05) is 22.9 Å². The summed E-state index contributed by atoms with van der Waals surface area (Å²) in [5.74, 6) is -1.22. The second kappa shape index (κ2) is 11.3. The number of amides is 2. The molecule has 176 valence electrons. The van der Waals surface area contributed by atoms with Crippen LogP contribution >= 0.6 is 23.1 Å². The molecule has 2 aromatic carbocycles. The summed E-state index contributed by atoms with van der Waals surface area (Å²) in [5.41, 5.74) is 1.17. The van der Waals surface area contributed by atoms with Crippen molar-refractivity contribution < 1.29 is 24.0 Å². The molecule has 1 aromatic heterocycles. The molecule has 0 aliphatic rings. The fraction of sp³-hybridized carbons (Fsp3) is 0.190. The average molecular weight is 502 g/mol. The lowest BCUT2D eigenvalue weighted by molar-refractivity contribution is -0.385. The third kappa shape index (κ3) is 6.36. The Labute approximate surface area is 202 Å². The molecular formula is C21H19N5O6S2. The first-order valence-corrected chi connectivity index (χ1v) is 11.7. The SMILES string of the molecule is CCOC(=O)c1ccc(NC(=O)CSc2nnc(NC(=O)c3cccc([N+](=O)[O-])c3C)s2)cc1. The molecule has 0 saturated carbocycles. The number of benzene rings is 2. The van der Waals surface area contributed by atoms with E-state index in [9.17, 15) is 24.5 Å². The summed E-state index contributed by atoms with van der Waals surface area (Å²) in [6, 6.07) is 10.6. The van der Waals surface area contributed by atoms with Gasteiger partial charge in [-0.2, -0.15) is 0 Å². The predicted octanol–water partition coefficient (Wildman–Crippen LogP) is 3.91.